The molecule has 0 saturated carbocycles. The number of nitrogens with one attached hydrogen (secondary N) is 1. The SMILES string of the molecule is COC(=O)c1ccc(N)c(NCCCC(F)(F)F)c1. The summed E-state index contributed by atoms with van der Waals surface area (Å²) in [6, 6.07) is 4.44. The van der Waals surface area contributed by atoms with Crippen LogP contribution in [0.5, 0.6) is 0 Å². The summed E-state index contributed by atoms with van der Waals surface area (Å²) < 4.78 is 40.4. The van der Waals surface area contributed by atoms with Gasteiger partial charge in [-0.15, -0.1) is 0 Å². The summed E-state index contributed by atoms with van der Waals surface area (Å²) in [6.07, 6.45) is -5.09. The molecule has 1 rings (SSSR count). The smallest absolute Gasteiger partial charge is 0.389 e. The summed E-state index contributed by atoms with van der Waals surface area (Å²) >= 11 is 0. The van der Waals surface area contributed by atoms with Crippen molar-refractivity contribution in [2.45, 2.75) is 19.0 Å². The van der Waals surface area contributed by atoms with Gasteiger partial charge in [-0.25, -0.2) is 4.79 Å². The number of anilines is 2. The molecule has 1 aromatic rings. The Balaban J connectivity index is 2.60. The highest BCUT2D eigenvalue weighted by molar-refractivity contribution is 5.91. The van der Waals surface area contributed by atoms with Gasteiger partial charge in [0.25, 0.3) is 0 Å². The summed E-state index contributed by atoms with van der Waals surface area (Å²) in [6.45, 7) is 0.119. The number of nitrogen functional groups attached to an aromatic ring is 1. The predicted molar refractivity (Wildman–Crippen MR) is 66.0 cm³/mol. The van der Waals surface area contributed by atoms with Crippen molar-refractivity contribution in [1.82, 2.24) is 0 Å². The Hall–Kier alpha value is -1.92. The monoisotopic (exact) mass is 276 g/mol. The van der Waals surface area contributed by atoms with Crippen molar-refractivity contribution >= 4 is 17.3 Å². The number of carbonyl (C=O) groups is 1. The Morgan fingerprint density at radius 3 is 2.68 bits per heavy atom. The van der Waals surface area contributed by atoms with E-state index in [1.54, 1.807) is 0 Å². The number of nitrogens with two attached hydrogens (primary N) is 1. The van der Waals surface area contributed by atoms with E-state index in [2.05, 4.69) is 10.1 Å². The van der Waals surface area contributed by atoms with Crippen molar-refractivity contribution in [2.75, 3.05) is 24.7 Å². The molecule has 0 aliphatic rings. The minimum atomic E-state index is -4.17. The first kappa shape index (κ1) is 15.1. The Bertz CT molecular complexity index is 447. The fraction of sp³-hybridized carbons (Fsp3) is 0.417. The van der Waals surface area contributed by atoms with Crippen LogP contribution in [0.2, 0.25) is 0 Å². The number of alkyl halides is 3. The summed E-state index contributed by atoms with van der Waals surface area (Å²) in [5, 5.41) is 2.77. The van der Waals surface area contributed by atoms with Gasteiger partial charge in [0.1, 0.15) is 0 Å². The van der Waals surface area contributed by atoms with E-state index in [0.717, 1.165) is 0 Å². The van der Waals surface area contributed by atoms with E-state index < -0.39 is 18.6 Å². The topological polar surface area (TPSA) is 64.3 Å². The molecule has 0 heterocycles. The summed E-state index contributed by atoms with van der Waals surface area (Å²) in [5.74, 6) is -0.529. The van der Waals surface area contributed by atoms with Gasteiger partial charge in [-0.05, 0) is 24.6 Å². The highest BCUT2D eigenvalue weighted by Crippen LogP contribution is 2.23. The van der Waals surface area contributed by atoms with Crippen LogP contribution in [0.4, 0.5) is 24.5 Å². The van der Waals surface area contributed by atoms with E-state index in [1.807, 2.05) is 0 Å². The Labute approximate surface area is 108 Å². The second kappa shape index (κ2) is 6.31. The lowest BCUT2D eigenvalue weighted by Crippen LogP contribution is -2.12. The van der Waals surface area contributed by atoms with Crippen LogP contribution >= 0.6 is 0 Å². The number of esters is 1. The van der Waals surface area contributed by atoms with Crippen molar-refractivity contribution in [1.29, 1.82) is 0 Å². The molecule has 0 aliphatic heterocycles. The number of carbonyl (C=O) groups excluding carboxylic acids is 1. The van der Waals surface area contributed by atoms with E-state index in [4.69, 9.17) is 5.73 Å². The molecule has 3 N–H and O–H groups in total. The Morgan fingerprint density at radius 2 is 2.11 bits per heavy atom. The third-order valence-electron chi connectivity index (χ3n) is 2.43. The lowest BCUT2D eigenvalue weighted by Gasteiger charge is -2.11. The molecular formula is C12H15F3N2O2. The summed E-state index contributed by atoms with van der Waals surface area (Å²) in [5.41, 5.74) is 6.73. The number of ether oxygens (including phenoxy) is 1. The maximum Gasteiger partial charge on any atom is 0.389 e. The predicted octanol–water partition coefficient (Wildman–Crippen LogP) is 2.81. The zero-order valence-corrected chi connectivity index (χ0v) is 10.4. The summed E-state index contributed by atoms with van der Waals surface area (Å²) in [7, 11) is 1.25. The van der Waals surface area contributed by atoms with Gasteiger partial charge in [0.15, 0.2) is 0 Å². The third-order valence-corrected chi connectivity index (χ3v) is 2.43. The molecule has 106 valence electrons. The normalized spacial score (nSPS) is 11.2. The van der Waals surface area contributed by atoms with Gasteiger partial charge in [-0.2, -0.15) is 13.2 Å². The molecule has 0 unspecified atom stereocenters. The number of hydrogen-bond acceptors (Lipinski definition) is 4. The van der Waals surface area contributed by atoms with Gasteiger partial charge in [0.2, 0.25) is 0 Å². The van der Waals surface area contributed by atoms with Gasteiger partial charge in [0.05, 0.1) is 24.0 Å². The van der Waals surface area contributed by atoms with E-state index in [0.29, 0.717) is 11.4 Å². The highest BCUT2D eigenvalue weighted by Gasteiger charge is 2.25. The fourth-order valence-corrected chi connectivity index (χ4v) is 1.47. The van der Waals surface area contributed by atoms with Crippen molar-refractivity contribution in [2.24, 2.45) is 0 Å². The van der Waals surface area contributed by atoms with Crippen LogP contribution in [0.25, 0.3) is 0 Å². The Kier molecular flexibility index (Phi) is 5.02. The quantitative estimate of drug-likeness (QED) is 0.493. The zero-order chi connectivity index (χ0) is 14.5. The number of halogens is 3. The van der Waals surface area contributed by atoms with Gasteiger partial charge in [0, 0.05) is 13.0 Å². The molecule has 19 heavy (non-hydrogen) atoms. The molecule has 0 radical (unpaired) electrons. The van der Waals surface area contributed by atoms with Crippen molar-refractivity contribution < 1.29 is 22.7 Å². The van der Waals surface area contributed by atoms with Crippen molar-refractivity contribution in [3.05, 3.63) is 23.8 Å². The molecule has 0 atom stereocenters. The number of hydrogen-bond donors (Lipinski definition) is 2. The molecule has 4 nitrogen and oxygen atoms in total. The van der Waals surface area contributed by atoms with E-state index in [1.165, 1.54) is 25.3 Å². The maximum absolute atomic E-state index is 12.0. The molecule has 7 heteroatoms. The molecule has 0 spiro atoms. The van der Waals surface area contributed by atoms with Crippen LogP contribution in [0.1, 0.15) is 23.2 Å². The minimum Gasteiger partial charge on any atom is -0.465 e. The first-order valence-corrected chi connectivity index (χ1v) is 5.62. The van der Waals surface area contributed by atoms with Crippen LogP contribution < -0.4 is 11.1 Å². The molecule has 0 amide bonds. The molecule has 0 fully saturated rings. The van der Waals surface area contributed by atoms with Crippen LogP contribution in [0, 0.1) is 0 Å². The van der Waals surface area contributed by atoms with Gasteiger partial charge < -0.3 is 15.8 Å². The lowest BCUT2D eigenvalue weighted by atomic mass is 10.1. The summed E-state index contributed by atoms with van der Waals surface area (Å²) in [4.78, 5) is 11.3. The first-order chi connectivity index (χ1) is 8.83. The van der Waals surface area contributed by atoms with Crippen molar-refractivity contribution in [3.8, 4) is 0 Å². The van der Waals surface area contributed by atoms with Gasteiger partial charge >= 0.3 is 12.1 Å². The van der Waals surface area contributed by atoms with Gasteiger partial charge in [-0.1, -0.05) is 0 Å². The Morgan fingerprint density at radius 1 is 1.42 bits per heavy atom. The second-order valence-electron chi connectivity index (χ2n) is 3.94. The third kappa shape index (κ3) is 5.07. The van der Waals surface area contributed by atoms with Crippen LogP contribution in [-0.2, 0) is 4.74 Å². The standard InChI is InChI=1S/C12H15F3N2O2/c1-19-11(18)8-3-4-9(16)10(7-8)17-6-2-5-12(13,14)15/h3-4,7,17H,2,5-6,16H2,1H3. The molecule has 0 aliphatic carbocycles. The molecule has 1 aromatic carbocycles. The number of methoxy groups -OCH3 is 1. The number of rotatable bonds is 5. The van der Waals surface area contributed by atoms with Crippen LogP contribution in [0.3, 0.4) is 0 Å². The van der Waals surface area contributed by atoms with E-state index >= 15 is 0 Å². The van der Waals surface area contributed by atoms with E-state index in [9.17, 15) is 18.0 Å². The maximum atomic E-state index is 12.0. The largest absolute Gasteiger partial charge is 0.465 e. The average molecular weight is 276 g/mol. The average Bonchev–Trinajstić information content (AvgIpc) is 2.34. The van der Waals surface area contributed by atoms with Crippen molar-refractivity contribution in [3.63, 3.8) is 0 Å². The zero-order valence-electron chi connectivity index (χ0n) is 10.4. The fourth-order valence-electron chi connectivity index (χ4n) is 1.47. The molecule has 0 saturated heterocycles. The lowest BCUT2D eigenvalue weighted by molar-refractivity contribution is -0.134. The van der Waals surface area contributed by atoms with E-state index in [-0.39, 0.29) is 18.5 Å². The molecular weight excluding hydrogens is 261 g/mol. The molecule has 0 aromatic heterocycles. The highest BCUT2D eigenvalue weighted by atomic mass is 19.4. The number of benzene rings is 1. The first-order valence-electron chi connectivity index (χ1n) is 5.62. The van der Waals surface area contributed by atoms with Crippen LogP contribution in [-0.4, -0.2) is 25.8 Å². The second-order valence-corrected chi connectivity index (χ2v) is 3.94. The van der Waals surface area contributed by atoms with Crippen LogP contribution in [0.15, 0.2) is 18.2 Å². The molecule has 0 bridgehead atoms. The van der Waals surface area contributed by atoms with Gasteiger partial charge in [-0.3, -0.25) is 0 Å². The minimum absolute atomic E-state index is 0.0641.